The third-order valence-electron chi connectivity index (χ3n) is 3.84. The maximum atomic E-state index is 12.6. The van der Waals surface area contributed by atoms with E-state index in [2.05, 4.69) is 30.3 Å². The van der Waals surface area contributed by atoms with Crippen LogP contribution in [0.15, 0.2) is 18.2 Å². The zero-order valence-electron chi connectivity index (χ0n) is 12.8. The van der Waals surface area contributed by atoms with Gasteiger partial charge in [0.15, 0.2) is 0 Å². The molecular weight excluding hydrogens is 250 g/mol. The molecule has 0 unspecified atom stereocenters. The first-order chi connectivity index (χ1) is 9.61. The summed E-state index contributed by atoms with van der Waals surface area (Å²) in [6, 6.07) is 6.00. The molecule has 1 saturated heterocycles. The first-order valence-corrected chi connectivity index (χ1v) is 7.44. The van der Waals surface area contributed by atoms with Crippen LogP contribution in [0, 0.1) is 6.92 Å². The van der Waals surface area contributed by atoms with Gasteiger partial charge < -0.3 is 15.1 Å². The van der Waals surface area contributed by atoms with Crippen LogP contribution in [-0.2, 0) is 0 Å². The van der Waals surface area contributed by atoms with Crippen LogP contribution >= 0.6 is 0 Å². The Morgan fingerprint density at radius 1 is 1.25 bits per heavy atom. The summed E-state index contributed by atoms with van der Waals surface area (Å²) in [4.78, 5) is 16.9. The van der Waals surface area contributed by atoms with E-state index in [9.17, 15) is 4.79 Å². The third-order valence-corrected chi connectivity index (χ3v) is 3.84. The van der Waals surface area contributed by atoms with Crippen molar-refractivity contribution in [2.24, 2.45) is 0 Å². The number of benzene rings is 1. The molecule has 1 aliphatic rings. The molecule has 1 N–H and O–H groups in total. The molecule has 4 nitrogen and oxygen atoms in total. The molecule has 1 amide bonds. The Hall–Kier alpha value is -1.55. The molecule has 110 valence electrons. The van der Waals surface area contributed by atoms with Gasteiger partial charge in [0.05, 0.1) is 0 Å². The van der Waals surface area contributed by atoms with Crippen molar-refractivity contribution >= 4 is 11.6 Å². The number of aryl methyl sites for hydroxylation is 1. The summed E-state index contributed by atoms with van der Waals surface area (Å²) >= 11 is 0. The fourth-order valence-corrected chi connectivity index (χ4v) is 2.64. The van der Waals surface area contributed by atoms with Gasteiger partial charge in [0.1, 0.15) is 0 Å². The van der Waals surface area contributed by atoms with Crippen molar-refractivity contribution in [3.8, 4) is 0 Å². The highest BCUT2D eigenvalue weighted by atomic mass is 16.2. The molecule has 1 aromatic carbocycles. The van der Waals surface area contributed by atoms with Crippen molar-refractivity contribution in [1.29, 1.82) is 0 Å². The number of carbonyl (C=O) groups excluding carboxylic acids is 1. The van der Waals surface area contributed by atoms with Crippen molar-refractivity contribution in [1.82, 2.24) is 9.80 Å². The minimum absolute atomic E-state index is 0.167. The zero-order valence-corrected chi connectivity index (χ0v) is 12.8. The summed E-state index contributed by atoms with van der Waals surface area (Å²) in [5, 5.41) is 3.28. The lowest BCUT2D eigenvalue weighted by atomic mass is 10.1. The van der Waals surface area contributed by atoms with Gasteiger partial charge in [-0.1, -0.05) is 0 Å². The minimum Gasteiger partial charge on any atom is -0.385 e. The lowest BCUT2D eigenvalue weighted by molar-refractivity contribution is 0.0762. The van der Waals surface area contributed by atoms with Crippen molar-refractivity contribution < 1.29 is 4.79 Å². The van der Waals surface area contributed by atoms with Crippen molar-refractivity contribution in [2.45, 2.75) is 20.3 Å². The molecule has 2 rings (SSSR count). The lowest BCUT2D eigenvalue weighted by Crippen LogP contribution is -2.34. The van der Waals surface area contributed by atoms with Crippen LogP contribution in [0.4, 0.5) is 5.69 Å². The molecule has 0 aromatic heterocycles. The monoisotopic (exact) mass is 275 g/mol. The number of carbonyl (C=O) groups is 1. The van der Waals surface area contributed by atoms with Crippen molar-refractivity contribution in [3.63, 3.8) is 0 Å². The van der Waals surface area contributed by atoms with Gasteiger partial charge in [-0.2, -0.15) is 0 Å². The van der Waals surface area contributed by atoms with Crippen LogP contribution in [0.25, 0.3) is 0 Å². The Morgan fingerprint density at radius 3 is 2.75 bits per heavy atom. The second-order valence-electron chi connectivity index (χ2n) is 5.51. The van der Waals surface area contributed by atoms with E-state index in [1.807, 2.05) is 24.0 Å². The predicted molar refractivity (Wildman–Crippen MR) is 83.4 cm³/mol. The van der Waals surface area contributed by atoms with Gasteiger partial charge >= 0.3 is 0 Å². The Bertz CT molecular complexity index is 473. The van der Waals surface area contributed by atoms with E-state index in [1.54, 1.807) is 0 Å². The van der Waals surface area contributed by atoms with Crippen LogP contribution in [0.5, 0.6) is 0 Å². The highest BCUT2D eigenvalue weighted by Gasteiger charge is 2.20. The molecule has 0 atom stereocenters. The molecule has 0 spiro atoms. The third kappa shape index (κ3) is 3.51. The topological polar surface area (TPSA) is 35.6 Å². The molecular formula is C16H25N3O. The van der Waals surface area contributed by atoms with E-state index in [0.29, 0.717) is 0 Å². The van der Waals surface area contributed by atoms with Gasteiger partial charge in [0, 0.05) is 37.4 Å². The summed E-state index contributed by atoms with van der Waals surface area (Å²) in [6.07, 6.45) is 1.05. The maximum Gasteiger partial charge on any atom is 0.254 e. The Balaban J connectivity index is 2.12. The molecule has 1 aromatic rings. The van der Waals surface area contributed by atoms with Gasteiger partial charge in [-0.15, -0.1) is 0 Å². The van der Waals surface area contributed by atoms with Gasteiger partial charge in [-0.3, -0.25) is 4.79 Å². The molecule has 1 aliphatic heterocycles. The molecule has 20 heavy (non-hydrogen) atoms. The Labute approximate surface area is 121 Å². The molecule has 0 radical (unpaired) electrons. The van der Waals surface area contributed by atoms with E-state index in [0.717, 1.165) is 56.0 Å². The number of amides is 1. The van der Waals surface area contributed by atoms with Gasteiger partial charge in [0.25, 0.3) is 5.91 Å². The number of hydrogen-bond donors (Lipinski definition) is 1. The van der Waals surface area contributed by atoms with Gasteiger partial charge in [-0.05, 0) is 57.6 Å². The highest BCUT2D eigenvalue weighted by molar-refractivity contribution is 5.96. The zero-order chi connectivity index (χ0) is 14.5. The largest absolute Gasteiger partial charge is 0.385 e. The molecule has 0 aliphatic carbocycles. The number of anilines is 1. The fraction of sp³-hybridized carbons (Fsp3) is 0.562. The van der Waals surface area contributed by atoms with E-state index in [4.69, 9.17) is 0 Å². The maximum absolute atomic E-state index is 12.6. The quantitative estimate of drug-likeness (QED) is 0.918. The van der Waals surface area contributed by atoms with E-state index in [1.165, 1.54) is 0 Å². The highest BCUT2D eigenvalue weighted by Crippen LogP contribution is 2.17. The van der Waals surface area contributed by atoms with Crippen LogP contribution in [0.1, 0.15) is 29.3 Å². The predicted octanol–water partition coefficient (Wildman–Crippen LogP) is 2.20. The first kappa shape index (κ1) is 14.9. The molecule has 1 heterocycles. The second-order valence-corrected chi connectivity index (χ2v) is 5.51. The second kappa shape index (κ2) is 6.75. The number of rotatable bonds is 3. The normalized spacial score (nSPS) is 16.9. The summed E-state index contributed by atoms with van der Waals surface area (Å²) in [7, 11) is 2.12. The summed E-state index contributed by atoms with van der Waals surface area (Å²) in [5.41, 5.74) is 2.96. The van der Waals surface area contributed by atoms with E-state index >= 15 is 0 Å². The van der Waals surface area contributed by atoms with Crippen LogP contribution < -0.4 is 5.32 Å². The SMILES string of the molecule is CCNc1ccc(C(=O)N2CCCN(C)CC2)c(C)c1. The summed E-state index contributed by atoms with van der Waals surface area (Å²) < 4.78 is 0. The van der Waals surface area contributed by atoms with E-state index in [-0.39, 0.29) is 5.91 Å². The number of nitrogens with zero attached hydrogens (tertiary/aromatic N) is 2. The average Bonchev–Trinajstić information content (AvgIpc) is 2.63. The summed E-state index contributed by atoms with van der Waals surface area (Å²) in [6.45, 7) is 8.69. The molecule has 1 fully saturated rings. The number of nitrogens with one attached hydrogen (secondary N) is 1. The van der Waals surface area contributed by atoms with Crippen LogP contribution in [0.3, 0.4) is 0 Å². The average molecular weight is 275 g/mol. The number of likely N-dealkylation sites (N-methyl/N-ethyl adjacent to an activating group) is 1. The smallest absolute Gasteiger partial charge is 0.254 e. The van der Waals surface area contributed by atoms with Crippen molar-refractivity contribution in [2.75, 3.05) is 45.1 Å². The minimum atomic E-state index is 0.167. The van der Waals surface area contributed by atoms with Crippen LogP contribution in [0.2, 0.25) is 0 Å². The standard InChI is InChI=1S/C16H25N3O/c1-4-17-14-6-7-15(13(2)12-14)16(20)19-9-5-8-18(3)10-11-19/h6-7,12,17H,4-5,8-11H2,1-3H3. The van der Waals surface area contributed by atoms with Gasteiger partial charge in [0.2, 0.25) is 0 Å². The molecule has 4 heteroatoms. The first-order valence-electron chi connectivity index (χ1n) is 7.44. The lowest BCUT2D eigenvalue weighted by Gasteiger charge is -2.21. The van der Waals surface area contributed by atoms with Crippen molar-refractivity contribution in [3.05, 3.63) is 29.3 Å². The van der Waals surface area contributed by atoms with E-state index < -0.39 is 0 Å². The summed E-state index contributed by atoms with van der Waals surface area (Å²) in [5.74, 6) is 0.167. The number of hydrogen-bond acceptors (Lipinski definition) is 3. The Kier molecular flexibility index (Phi) is 5.01. The van der Waals surface area contributed by atoms with Crippen LogP contribution in [-0.4, -0.2) is 55.5 Å². The molecule has 0 bridgehead atoms. The van der Waals surface area contributed by atoms with Gasteiger partial charge in [-0.25, -0.2) is 0 Å². The molecule has 0 saturated carbocycles. The Morgan fingerprint density at radius 2 is 2.05 bits per heavy atom. The fourth-order valence-electron chi connectivity index (χ4n) is 2.64.